The Labute approximate surface area is 112 Å². The number of carboxylic acids is 1. The van der Waals surface area contributed by atoms with Gasteiger partial charge in [0.15, 0.2) is 0 Å². The Morgan fingerprint density at radius 2 is 2.33 bits per heavy atom. The van der Waals surface area contributed by atoms with Crippen LogP contribution in [0.5, 0.6) is 0 Å². The lowest BCUT2D eigenvalue weighted by atomic mass is 9.91. The van der Waals surface area contributed by atoms with Crippen molar-refractivity contribution in [3.63, 3.8) is 0 Å². The lowest BCUT2D eigenvalue weighted by molar-refractivity contribution is 0.0696. The summed E-state index contributed by atoms with van der Waals surface area (Å²) in [5.74, 6) is 0.818. The summed E-state index contributed by atoms with van der Waals surface area (Å²) in [5.41, 5.74) is 1.23. The van der Waals surface area contributed by atoms with E-state index in [9.17, 15) is 4.79 Å². The van der Waals surface area contributed by atoms with Crippen LogP contribution in [0.4, 0.5) is 0 Å². The van der Waals surface area contributed by atoms with Gasteiger partial charge in [-0.1, -0.05) is 19.8 Å². The monoisotopic (exact) mass is 265 g/mol. The molecule has 0 saturated heterocycles. The minimum absolute atomic E-state index is 0.259. The second-order valence-corrected chi connectivity index (χ2v) is 6.34. The number of carbonyl (C=O) groups is 1. The molecule has 0 spiro atoms. The van der Waals surface area contributed by atoms with Crippen LogP contribution in [0.25, 0.3) is 0 Å². The summed E-state index contributed by atoms with van der Waals surface area (Å²) in [4.78, 5) is 14.9. The number of hydrogen-bond donors (Lipinski definition) is 1. The van der Waals surface area contributed by atoms with Gasteiger partial charge in [-0.3, -0.25) is 4.98 Å². The molecule has 0 bridgehead atoms. The summed E-state index contributed by atoms with van der Waals surface area (Å²) < 4.78 is 0. The van der Waals surface area contributed by atoms with Crippen molar-refractivity contribution < 1.29 is 9.90 Å². The number of rotatable bonds is 4. The topological polar surface area (TPSA) is 50.2 Å². The Kier molecular flexibility index (Phi) is 4.64. The first-order chi connectivity index (χ1) is 8.65. The highest BCUT2D eigenvalue weighted by molar-refractivity contribution is 7.99. The van der Waals surface area contributed by atoms with Gasteiger partial charge in [-0.05, 0) is 30.9 Å². The number of aromatic carboxylic acids is 1. The second kappa shape index (κ2) is 6.23. The Morgan fingerprint density at radius 3 is 2.94 bits per heavy atom. The zero-order valence-electron chi connectivity index (χ0n) is 10.6. The highest BCUT2D eigenvalue weighted by atomic mass is 32.2. The molecule has 98 valence electrons. The van der Waals surface area contributed by atoms with E-state index in [0.717, 1.165) is 22.6 Å². The summed E-state index contributed by atoms with van der Waals surface area (Å²) in [6.45, 7) is 2.33. The van der Waals surface area contributed by atoms with Crippen molar-refractivity contribution >= 4 is 17.7 Å². The summed E-state index contributed by atoms with van der Waals surface area (Å²) in [7, 11) is 0. The van der Waals surface area contributed by atoms with Crippen LogP contribution in [0, 0.1) is 5.92 Å². The molecule has 3 nitrogen and oxygen atoms in total. The van der Waals surface area contributed by atoms with Crippen molar-refractivity contribution in [2.75, 3.05) is 0 Å². The van der Waals surface area contributed by atoms with Crippen LogP contribution in [-0.4, -0.2) is 21.3 Å². The molecule has 4 heteroatoms. The molecule has 0 aromatic carbocycles. The molecule has 1 aliphatic rings. The van der Waals surface area contributed by atoms with E-state index in [0.29, 0.717) is 0 Å². The van der Waals surface area contributed by atoms with E-state index in [1.165, 1.54) is 31.9 Å². The van der Waals surface area contributed by atoms with Gasteiger partial charge in [-0.15, -0.1) is 0 Å². The quantitative estimate of drug-likeness (QED) is 0.903. The van der Waals surface area contributed by atoms with Gasteiger partial charge in [0.2, 0.25) is 0 Å². The number of nitrogens with zero attached hydrogens (tertiary/aromatic N) is 1. The molecule has 1 aliphatic carbocycles. The summed E-state index contributed by atoms with van der Waals surface area (Å²) in [6.07, 6.45) is 6.76. The molecular formula is C14H19NO2S. The smallest absolute Gasteiger partial charge is 0.337 e. The van der Waals surface area contributed by atoms with Gasteiger partial charge in [0.1, 0.15) is 0 Å². The van der Waals surface area contributed by atoms with Gasteiger partial charge in [-0.2, -0.15) is 11.8 Å². The van der Waals surface area contributed by atoms with Gasteiger partial charge >= 0.3 is 5.97 Å². The maximum absolute atomic E-state index is 10.7. The number of aromatic nitrogens is 1. The normalized spacial score (nSPS) is 23.8. The van der Waals surface area contributed by atoms with Crippen LogP contribution in [0.3, 0.4) is 0 Å². The highest BCUT2D eigenvalue weighted by Crippen LogP contribution is 2.33. The predicted octanol–water partition coefficient (Wildman–Crippen LogP) is 3.59. The SMILES string of the molecule is CC1CCCC(SCc2ccc(C(=O)O)cn2)C1. The van der Waals surface area contributed by atoms with Gasteiger partial charge in [0, 0.05) is 17.2 Å². The van der Waals surface area contributed by atoms with Crippen molar-refractivity contribution in [2.24, 2.45) is 5.92 Å². The van der Waals surface area contributed by atoms with E-state index in [2.05, 4.69) is 11.9 Å². The Bertz CT molecular complexity index is 405. The van der Waals surface area contributed by atoms with E-state index in [4.69, 9.17) is 5.11 Å². The van der Waals surface area contributed by atoms with Gasteiger partial charge in [0.05, 0.1) is 11.3 Å². The van der Waals surface area contributed by atoms with Crippen LogP contribution in [0.15, 0.2) is 18.3 Å². The fourth-order valence-electron chi connectivity index (χ4n) is 2.37. The zero-order valence-corrected chi connectivity index (χ0v) is 11.4. The van der Waals surface area contributed by atoms with Crippen molar-refractivity contribution in [1.29, 1.82) is 0 Å². The second-order valence-electron chi connectivity index (χ2n) is 5.05. The standard InChI is InChI=1S/C14H19NO2S/c1-10-3-2-4-13(7-10)18-9-12-6-5-11(8-15-12)14(16)17/h5-6,8,10,13H,2-4,7,9H2,1H3,(H,16,17). The molecule has 1 N–H and O–H groups in total. The molecule has 1 fully saturated rings. The summed E-state index contributed by atoms with van der Waals surface area (Å²) >= 11 is 1.96. The maximum Gasteiger partial charge on any atom is 0.337 e. The van der Waals surface area contributed by atoms with Crippen LogP contribution < -0.4 is 0 Å². The van der Waals surface area contributed by atoms with Crippen LogP contribution in [0.2, 0.25) is 0 Å². The maximum atomic E-state index is 10.7. The molecule has 1 aromatic rings. The fourth-order valence-corrected chi connectivity index (χ4v) is 3.74. The molecule has 2 atom stereocenters. The minimum Gasteiger partial charge on any atom is -0.478 e. The molecule has 0 radical (unpaired) electrons. The molecule has 2 unspecified atom stereocenters. The molecule has 2 rings (SSSR count). The Hall–Kier alpha value is -1.03. The molecule has 18 heavy (non-hydrogen) atoms. The number of carboxylic acid groups (broad SMARTS) is 1. The first-order valence-corrected chi connectivity index (χ1v) is 7.50. The van der Waals surface area contributed by atoms with E-state index < -0.39 is 5.97 Å². The molecule has 1 saturated carbocycles. The third-order valence-electron chi connectivity index (χ3n) is 3.43. The Balaban J connectivity index is 1.84. The molecular weight excluding hydrogens is 246 g/mol. The van der Waals surface area contributed by atoms with E-state index >= 15 is 0 Å². The summed E-state index contributed by atoms with van der Waals surface area (Å²) in [5, 5.41) is 9.54. The Morgan fingerprint density at radius 1 is 1.50 bits per heavy atom. The van der Waals surface area contributed by atoms with Crippen LogP contribution in [0.1, 0.15) is 48.7 Å². The van der Waals surface area contributed by atoms with Crippen LogP contribution >= 0.6 is 11.8 Å². The fraction of sp³-hybridized carbons (Fsp3) is 0.571. The van der Waals surface area contributed by atoms with Crippen molar-refractivity contribution in [1.82, 2.24) is 4.98 Å². The molecule has 1 aromatic heterocycles. The first-order valence-electron chi connectivity index (χ1n) is 6.45. The number of thioether (sulfide) groups is 1. The van der Waals surface area contributed by atoms with Crippen molar-refractivity contribution in [2.45, 2.75) is 43.6 Å². The van der Waals surface area contributed by atoms with Crippen LogP contribution in [-0.2, 0) is 5.75 Å². The van der Waals surface area contributed by atoms with Crippen molar-refractivity contribution in [3.05, 3.63) is 29.6 Å². The zero-order chi connectivity index (χ0) is 13.0. The predicted molar refractivity (Wildman–Crippen MR) is 73.9 cm³/mol. The first kappa shape index (κ1) is 13.4. The largest absolute Gasteiger partial charge is 0.478 e. The number of hydrogen-bond acceptors (Lipinski definition) is 3. The minimum atomic E-state index is -0.914. The van der Waals surface area contributed by atoms with Gasteiger partial charge in [0.25, 0.3) is 0 Å². The summed E-state index contributed by atoms with van der Waals surface area (Å²) in [6, 6.07) is 3.46. The van der Waals surface area contributed by atoms with Crippen molar-refractivity contribution in [3.8, 4) is 0 Å². The molecule has 0 aliphatic heterocycles. The van der Waals surface area contributed by atoms with Gasteiger partial charge < -0.3 is 5.11 Å². The third kappa shape index (κ3) is 3.73. The molecule has 0 amide bonds. The lowest BCUT2D eigenvalue weighted by Gasteiger charge is -2.26. The van der Waals surface area contributed by atoms with Gasteiger partial charge in [-0.25, -0.2) is 4.79 Å². The van der Waals surface area contributed by atoms with E-state index in [1.807, 2.05) is 17.8 Å². The highest BCUT2D eigenvalue weighted by Gasteiger charge is 2.19. The lowest BCUT2D eigenvalue weighted by Crippen LogP contribution is -2.15. The average Bonchev–Trinajstić information content (AvgIpc) is 2.37. The van der Waals surface area contributed by atoms with E-state index in [-0.39, 0.29) is 5.56 Å². The van der Waals surface area contributed by atoms with E-state index in [1.54, 1.807) is 6.07 Å². The number of pyridine rings is 1. The third-order valence-corrected chi connectivity index (χ3v) is 4.79. The average molecular weight is 265 g/mol. The molecule has 1 heterocycles.